The first-order valence-electron chi connectivity index (χ1n) is 8.89. The molecular formula is C19H24N2O3S. The maximum Gasteiger partial charge on any atom is 0.328 e. The standard InChI is InChI=1S/C19H24N2O3S/c1-3-14(18(23)24-2)21-15-10-6-7-11-16(15)25-19(21)20-17(22)12-13-8-4-5-9-13/h6-7,10-11,13-14H,3-5,8-9,12H2,1-2H3. The molecule has 0 spiro atoms. The number of thiazole rings is 1. The third kappa shape index (κ3) is 3.84. The highest BCUT2D eigenvalue weighted by molar-refractivity contribution is 7.16. The van der Waals surface area contributed by atoms with Crippen molar-refractivity contribution < 1.29 is 14.3 Å². The molecule has 1 aliphatic carbocycles. The number of carbonyl (C=O) groups excluding carboxylic acids is 2. The smallest absolute Gasteiger partial charge is 0.328 e. The average Bonchev–Trinajstić information content (AvgIpc) is 3.23. The van der Waals surface area contributed by atoms with Crippen molar-refractivity contribution in [3.8, 4) is 0 Å². The molecule has 0 N–H and O–H groups in total. The lowest BCUT2D eigenvalue weighted by Crippen LogP contribution is -2.28. The van der Waals surface area contributed by atoms with Crippen molar-refractivity contribution >= 4 is 33.4 Å². The number of ether oxygens (including phenoxy) is 1. The molecule has 0 radical (unpaired) electrons. The van der Waals surface area contributed by atoms with Gasteiger partial charge in [-0.15, -0.1) is 0 Å². The fraction of sp³-hybridized carbons (Fsp3) is 0.526. The highest BCUT2D eigenvalue weighted by atomic mass is 32.1. The number of aromatic nitrogens is 1. The van der Waals surface area contributed by atoms with Gasteiger partial charge in [-0.05, 0) is 37.3 Å². The van der Waals surface area contributed by atoms with E-state index in [1.807, 2.05) is 35.8 Å². The second kappa shape index (κ2) is 7.95. The number of amides is 1. The van der Waals surface area contributed by atoms with E-state index in [1.165, 1.54) is 31.3 Å². The van der Waals surface area contributed by atoms with Crippen LogP contribution in [-0.4, -0.2) is 23.6 Å². The first-order valence-corrected chi connectivity index (χ1v) is 9.71. The van der Waals surface area contributed by atoms with E-state index < -0.39 is 6.04 Å². The number of para-hydroxylation sites is 1. The van der Waals surface area contributed by atoms with E-state index in [0.29, 0.717) is 23.6 Å². The molecule has 1 atom stereocenters. The molecule has 1 aliphatic rings. The van der Waals surface area contributed by atoms with Gasteiger partial charge >= 0.3 is 5.97 Å². The van der Waals surface area contributed by atoms with Gasteiger partial charge in [0.25, 0.3) is 0 Å². The first-order chi connectivity index (χ1) is 12.1. The molecule has 2 aromatic rings. The van der Waals surface area contributed by atoms with Crippen LogP contribution in [0.25, 0.3) is 10.2 Å². The normalized spacial score (nSPS) is 17.1. The van der Waals surface area contributed by atoms with Crippen molar-refractivity contribution in [2.45, 2.75) is 51.5 Å². The zero-order chi connectivity index (χ0) is 17.8. The van der Waals surface area contributed by atoms with Gasteiger partial charge in [0, 0.05) is 6.42 Å². The quantitative estimate of drug-likeness (QED) is 0.761. The lowest BCUT2D eigenvalue weighted by molar-refractivity contribution is -0.144. The summed E-state index contributed by atoms with van der Waals surface area (Å²) >= 11 is 1.45. The Morgan fingerprint density at radius 2 is 2.04 bits per heavy atom. The summed E-state index contributed by atoms with van der Waals surface area (Å²) in [5.41, 5.74) is 0.914. The first kappa shape index (κ1) is 17.9. The van der Waals surface area contributed by atoms with Gasteiger partial charge in [0.2, 0.25) is 5.91 Å². The Labute approximate surface area is 151 Å². The maximum atomic E-state index is 12.5. The van der Waals surface area contributed by atoms with Gasteiger partial charge in [-0.3, -0.25) is 4.79 Å². The Morgan fingerprint density at radius 1 is 1.32 bits per heavy atom. The lowest BCUT2D eigenvalue weighted by Gasteiger charge is -2.15. The SMILES string of the molecule is CCC(C(=O)OC)n1c(=NC(=O)CC2CCCC2)sc2ccccc21. The van der Waals surface area contributed by atoms with Crippen LogP contribution in [0.1, 0.15) is 51.5 Å². The summed E-state index contributed by atoms with van der Waals surface area (Å²) in [7, 11) is 1.39. The van der Waals surface area contributed by atoms with Crippen LogP contribution in [0.2, 0.25) is 0 Å². The molecule has 0 bridgehead atoms. The minimum atomic E-state index is -0.473. The van der Waals surface area contributed by atoms with Crippen LogP contribution in [0.3, 0.4) is 0 Å². The molecule has 0 aliphatic heterocycles. The third-order valence-corrected chi connectivity index (χ3v) is 5.90. The number of hydrogen-bond acceptors (Lipinski definition) is 4. The summed E-state index contributed by atoms with van der Waals surface area (Å²) < 4.78 is 7.83. The highest BCUT2D eigenvalue weighted by Gasteiger charge is 2.24. The number of carbonyl (C=O) groups is 2. The van der Waals surface area contributed by atoms with Crippen LogP contribution in [-0.2, 0) is 14.3 Å². The van der Waals surface area contributed by atoms with Gasteiger partial charge in [0.05, 0.1) is 17.3 Å². The molecule has 1 aromatic carbocycles. The summed E-state index contributed by atoms with van der Waals surface area (Å²) in [6.45, 7) is 1.94. The van der Waals surface area contributed by atoms with Crippen molar-refractivity contribution in [2.24, 2.45) is 10.9 Å². The second-order valence-corrected chi connectivity index (χ2v) is 7.54. The Bertz CT molecular complexity index is 831. The van der Waals surface area contributed by atoms with Crippen LogP contribution in [0, 0.1) is 5.92 Å². The summed E-state index contributed by atoms with van der Waals surface area (Å²) in [5, 5.41) is 0. The van der Waals surface area contributed by atoms with E-state index in [9.17, 15) is 9.59 Å². The van der Waals surface area contributed by atoms with Crippen molar-refractivity contribution in [3.63, 3.8) is 0 Å². The van der Waals surface area contributed by atoms with E-state index >= 15 is 0 Å². The van der Waals surface area contributed by atoms with Gasteiger partial charge < -0.3 is 9.30 Å². The van der Waals surface area contributed by atoms with E-state index in [4.69, 9.17) is 4.74 Å². The zero-order valence-corrected chi connectivity index (χ0v) is 15.6. The Kier molecular flexibility index (Phi) is 5.68. The molecule has 25 heavy (non-hydrogen) atoms. The van der Waals surface area contributed by atoms with E-state index in [0.717, 1.165) is 23.1 Å². The van der Waals surface area contributed by atoms with E-state index in [1.54, 1.807) is 0 Å². The monoisotopic (exact) mass is 360 g/mol. The molecule has 1 amide bonds. The number of rotatable bonds is 5. The molecule has 1 unspecified atom stereocenters. The van der Waals surface area contributed by atoms with Gasteiger partial charge in [0.15, 0.2) is 4.80 Å². The maximum absolute atomic E-state index is 12.5. The van der Waals surface area contributed by atoms with Gasteiger partial charge in [-0.2, -0.15) is 4.99 Å². The van der Waals surface area contributed by atoms with Crippen LogP contribution in [0.5, 0.6) is 0 Å². The zero-order valence-electron chi connectivity index (χ0n) is 14.7. The van der Waals surface area contributed by atoms with Crippen LogP contribution in [0.4, 0.5) is 0 Å². The topological polar surface area (TPSA) is 60.7 Å². The summed E-state index contributed by atoms with van der Waals surface area (Å²) in [4.78, 5) is 29.7. The van der Waals surface area contributed by atoms with E-state index in [2.05, 4.69) is 4.99 Å². The van der Waals surface area contributed by atoms with Gasteiger partial charge in [0.1, 0.15) is 6.04 Å². The van der Waals surface area contributed by atoms with Crippen molar-refractivity contribution in [2.75, 3.05) is 7.11 Å². The molecule has 134 valence electrons. The molecule has 1 saturated carbocycles. The molecule has 1 fully saturated rings. The number of hydrogen-bond donors (Lipinski definition) is 0. The third-order valence-electron chi connectivity index (χ3n) is 4.86. The Morgan fingerprint density at radius 3 is 2.72 bits per heavy atom. The van der Waals surface area contributed by atoms with Crippen LogP contribution < -0.4 is 4.80 Å². The Hall–Kier alpha value is -1.95. The number of nitrogens with zero attached hydrogens (tertiary/aromatic N) is 2. The number of esters is 1. The van der Waals surface area contributed by atoms with E-state index in [-0.39, 0.29) is 11.9 Å². The number of methoxy groups -OCH3 is 1. The van der Waals surface area contributed by atoms with Crippen molar-refractivity contribution in [3.05, 3.63) is 29.1 Å². The Balaban J connectivity index is 2.04. The van der Waals surface area contributed by atoms with Gasteiger partial charge in [-0.25, -0.2) is 4.79 Å². The fourth-order valence-electron chi connectivity index (χ4n) is 3.58. The molecule has 5 nitrogen and oxygen atoms in total. The van der Waals surface area contributed by atoms with Crippen LogP contribution >= 0.6 is 11.3 Å². The molecule has 1 heterocycles. The number of benzene rings is 1. The summed E-state index contributed by atoms with van der Waals surface area (Å²) in [6.07, 6.45) is 5.74. The average molecular weight is 360 g/mol. The predicted molar refractivity (Wildman–Crippen MR) is 98.3 cm³/mol. The summed E-state index contributed by atoms with van der Waals surface area (Å²) in [6, 6.07) is 7.35. The largest absolute Gasteiger partial charge is 0.467 e. The molecule has 3 rings (SSSR count). The van der Waals surface area contributed by atoms with Crippen LogP contribution in [0.15, 0.2) is 29.3 Å². The van der Waals surface area contributed by atoms with Crippen molar-refractivity contribution in [1.29, 1.82) is 0 Å². The lowest BCUT2D eigenvalue weighted by atomic mass is 10.0. The minimum absolute atomic E-state index is 0.0908. The molecule has 0 saturated heterocycles. The van der Waals surface area contributed by atoms with Gasteiger partial charge in [-0.1, -0.05) is 43.2 Å². The highest BCUT2D eigenvalue weighted by Crippen LogP contribution is 2.28. The molecule has 6 heteroatoms. The summed E-state index contributed by atoms with van der Waals surface area (Å²) in [5.74, 6) is 0.0596. The molecule has 1 aromatic heterocycles. The second-order valence-electron chi connectivity index (χ2n) is 6.53. The van der Waals surface area contributed by atoms with Crippen molar-refractivity contribution in [1.82, 2.24) is 4.57 Å². The minimum Gasteiger partial charge on any atom is -0.467 e. The predicted octanol–water partition coefficient (Wildman–Crippen LogP) is 3.83. The fourth-order valence-corrected chi connectivity index (χ4v) is 4.66. The number of fused-ring (bicyclic) bond motifs is 1. The molecular weight excluding hydrogens is 336 g/mol.